The highest BCUT2D eigenvalue weighted by molar-refractivity contribution is 7.26. The second kappa shape index (κ2) is 9.13. The van der Waals surface area contributed by atoms with E-state index in [1.54, 1.807) is 0 Å². The fourth-order valence-electron chi connectivity index (χ4n) is 7.24. The van der Waals surface area contributed by atoms with Gasteiger partial charge in [0.05, 0.1) is 11.0 Å². The molecule has 4 nitrogen and oxygen atoms in total. The number of para-hydroxylation sites is 2. The van der Waals surface area contributed by atoms with Crippen molar-refractivity contribution in [2.75, 3.05) is 0 Å². The van der Waals surface area contributed by atoms with Crippen LogP contribution in [0, 0.1) is 0 Å². The Morgan fingerprint density at radius 3 is 2.05 bits per heavy atom. The van der Waals surface area contributed by atoms with Crippen LogP contribution >= 0.6 is 11.3 Å². The lowest BCUT2D eigenvalue weighted by Gasteiger charge is -2.15. The number of aliphatic imine (C=N–C) groups is 1. The molecule has 3 unspecified atom stereocenters. The summed E-state index contributed by atoms with van der Waals surface area (Å²) < 4.78 is 5.07. The van der Waals surface area contributed by atoms with Crippen molar-refractivity contribution < 1.29 is 0 Å². The smallest absolute Gasteiger partial charge is 0.150 e. The second-order valence-corrected chi connectivity index (χ2v) is 12.6. The summed E-state index contributed by atoms with van der Waals surface area (Å²) in [6, 6.07) is 52.3. The monoisotopic (exact) mass is 582 g/mol. The summed E-state index contributed by atoms with van der Waals surface area (Å²) in [5, 5.41) is 10.1. The standard InChI is InChI=1S/C39H26N4S/c1-4-14-25(15-5-1)37-40-38(43-39(42(37)43)26-16-6-2-7-17-26)30-24-32-35(36-34(30)29-21-11-13-23-33(29)44-36)28-20-10-12-22-31(28)41(32)27-18-8-3-9-19-27/h1-24,38-39H. The van der Waals surface area contributed by atoms with Crippen molar-refractivity contribution in [1.82, 2.24) is 14.6 Å². The number of hydrogen-bond donors (Lipinski definition) is 0. The van der Waals surface area contributed by atoms with Crippen molar-refractivity contribution in [1.29, 1.82) is 0 Å². The van der Waals surface area contributed by atoms with Gasteiger partial charge < -0.3 is 4.57 Å². The van der Waals surface area contributed by atoms with Crippen LogP contribution in [-0.2, 0) is 0 Å². The van der Waals surface area contributed by atoms with Crippen LogP contribution < -0.4 is 0 Å². The Kier molecular flexibility index (Phi) is 5.03. The first kappa shape index (κ1) is 24.2. The molecule has 8 aromatic rings. The van der Waals surface area contributed by atoms with E-state index in [1.807, 2.05) is 11.3 Å². The van der Waals surface area contributed by atoms with Crippen LogP contribution in [0.5, 0.6) is 0 Å². The third kappa shape index (κ3) is 3.34. The molecular weight excluding hydrogens is 557 g/mol. The lowest BCUT2D eigenvalue weighted by Crippen LogP contribution is -2.11. The zero-order valence-electron chi connectivity index (χ0n) is 23.7. The van der Waals surface area contributed by atoms with Gasteiger partial charge in [-0.15, -0.1) is 11.3 Å². The Morgan fingerprint density at radius 1 is 0.591 bits per heavy atom. The van der Waals surface area contributed by atoms with Crippen LogP contribution in [0.25, 0.3) is 47.7 Å². The number of benzene rings is 6. The van der Waals surface area contributed by atoms with E-state index >= 15 is 0 Å². The number of hydrazine groups is 1. The Bertz CT molecular complexity index is 2410. The van der Waals surface area contributed by atoms with Crippen LogP contribution in [0.4, 0.5) is 0 Å². The van der Waals surface area contributed by atoms with Gasteiger partial charge in [-0.3, -0.25) is 5.01 Å². The van der Waals surface area contributed by atoms with Crippen LogP contribution in [0.3, 0.4) is 0 Å². The van der Waals surface area contributed by atoms with Gasteiger partial charge in [0.25, 0.3) is 0 Å². The normalized spacial score (nSPS) is 19.2. The minimum absolute atomic E-state index is 0.143. The molecule has 2 aliphatic rings. The quantitative estimate of drug-likeness (QED) is 0.193. The van der Waals surface area contributed by atoms with Gasteiger partial charge in [0.2, 0.25) is 0 Å². The highest BCUT2D eigenvalue weighted by Gasteiger charge is 2.58. The molecule has 0 aliphatic carbocycles. The largest absolute Gasteiger partial charge is 0.309 e. The predicted octanol–water partition coefficient (Wildman–Crippen LogP) is 9.84. The second-order valence-electron chi connectivity index (χ2n) is 11.6. The number of aromatic nitrogens is 1. The molecule has 0 N–H and O–H groups in total. The van der Waals surface area contributed by atoms with Gasteiger partial charge in [0, 0.05) is 47.8 Å². The molecule has 10 rings (SSSR count). The van der Waals surface area contributed by atoms with Crippen molar-refractivity contribution in [3.05, 3.63) is 162 Å². The van der Waals surface area contributed by atoms with Crippen molar-refractivity contribution in [3.8, 4) is 5.69 Å². The summed E-state index contributed by atoms with van der Waals surface area (Å²) in [4.78, 5) is 5.50. The van der Waals surface area contributed by atoms with E-state index in [-0.39, 0.29) is 12.3 Å². The van der Waals surface area contributed by atoms with Gasteiger partial charge in [0.1, 0.15) is 12.0 Å². The van der Waals surface area contributed by atoms with E-state index in [4.69, 9.17) is 4.99 Å². The first-order valence-corrected chi connectivity index (χ1v) is 15.9. The van der Waals surface area contributed by atoms with E-state index in [2.05, 4.69) is 160 Å². The van der Waals surface area contributed by atoms with Gasteiger partial charge in [-0.05, 0) is 35.9 Å². The van der Waals surface area contributed by atoms with Crippen LogP contribution in [-0.4, -0.2) is 20.4 Å². The summed E-state index contributed by atoms with van der Waals surface area (Å²) in [5.41, 5.74) is 7.29. The van der Waals surface area contributed by atoms with E-state index in [1.165, 1.54) is 58.8 Å². The minimum atomic E-state index is -0.150. The number of hydrogen-bond acceptors (Lipinski definition) is 4. The number of thiophene rings is 1. The molecular formula is C39H26N4S. The molecule has 0 amide bonds. The molecule has 0 radical (unpaired) electrons. The summed E-state index contributed by atoms with van der Waals surface area (Å²) in [5.74, 6) is 1.03. The minimum Gasteiger partial charge on any atom is -0.309 e. The molecule has 5 heteroatoms. The van der Waals surface area contributed by atoms with Crippen LogP contribution in [0.2, 0.25) is 0 Å². The maximum atomic E-state index is 5.50. The summed E-state index contributed by atoms with van der Waals surface area (Å²) in [6.45, 7) is 0. The Balaban J connectivity index is 1.31. The molecule has 4 heterocycles. The molecule has 2 aromatic heterocycles. The van der Waals surface area contributed by atoms with Crippen LogP contribution in [0.15, 0.2) is 151 Å². The topological polar surface area (TPSA) is 23.3 Å². The zero-order chi connectivity index (χ0) is 28.8. The van der Waals surface area contributed by atoms with Gasteiger partial charge in [0.15, 0.2) is 6.17 Å². The number of rotatable bonds is 4. The fourth-order valence-corrected chi connectivity index (χ4v) is 8.54. The average Bonchev–Trinajstić information content (AvgIpc) is 3.35. The lowest BCUT2D eigenvalue weighted by molar-refractivity contribution is 0.343. The number of amidine groups is 1. The Hall–Kier alpha value is -5.23. The molecule has 0 spiro atoms. The Morgan fingerprint density at radius 2 is 1.25 bits per heavy atom. The summed E-state index contributed by atoms with van der Waals surface area (Å²) >= 11 is 1.90. The maximum absolute atomic E-state index is 5.50. The number of fused-ring (bicyclic) bond motifs is 8. The summed E-state index contributed by atoms with van der Waals surface area (Å²) in [6.07, 6.45) is -0.00733. The highest BCUT2D eigenvalue weighted by Crippen LogP contribution is 2.56. The average molecular weight is 583 g/mol. The molecule has 0 saturated carbocycles. The van der Waals surface area contributed by atoms with Crippen molar-refractivity contribution >= 4 is 59.2 Å². The first-order chi connectivity index (χ1) is 21.9. The molecule has 208 valence electrons. The van der Waals surface area contributed by atoms with Crippen LogP contribution in [0.1, 0.15) is 29.0 Å². The SMILES string of the molecule is c1ccc(C2=NC(c3cc4c(c5ccccc5n4-c4ccccc4)c4sc5ccccc5c34)N3C(c4ccccc4)N23)cc1. The molecule has 6 aromatic carbocycles. The first-order valence-electron chi connectivity index (χ1n) is 15.1. The van der Waals surface area contributed by atoms with Gasteiger partial charge in [-0.2, -0.15) is 5.01 Å². The van der Waals surface area contributed by atoms with E-state index in [9.17, 15) is 0 Å². The summed E-state index contributed by atoms with van der Waals surface area (Å²) in [7, 11) is 0. The fraction of sp³-hybridized carbons (Fsp3) is 0.0513. The third-order valence-corrected chi connectivity index (χ3v) is 10.3. The maximum Gasteiger partial charge on any atom is 0.150 e. The van der Waals surface area contributed by atoms with Gasteiger partial charge in [-0.1, -0.05) is 115 Å². The van der Waals surface area contributed by atoms with Crippen molar-refractivity contribution in [2.45, 2.75) is 12.3 Å². The molecule has 0 bridgehead atoms. The van der Waals surface area contributed by atoms with Crippen molar-refractivity contribution in [2.24, 2.45) is 4.99 Å². The molecule has 1 fully saturated rings. The highest BCUT2D eigenvalue weighted by atomic mass is 32.1. The molecule has 3 atom stereocenters. The van der Waals surface area contributed by atoms with E-state index < -0.39 is 0 Å². The Labute approximate surface area is 258 Å². The molecule has 44 heavy (non-hydrogen) atoms. The lowest BCUT2D eigenvalue weighted by atomic mass is 10.00. The third-order valence-electron chi connectivity index (χ3n) is 9.13. The molecule has 2 aliphatic heterocycles. The van der Waals surface area contributed by atoms with E-state index in [0.717, 1.165) is 11.4 Å². The zero-order valence-corrected chi connectivity index (χ0v) is 24.5. The number of nitrogens with zero attached hydrogens (tertiary/aromatic N) is 4. The van der Waals surface area contributed by atoms with Crippen molar-refractivity contribution in [3.63, 3.8) is 0 Å². The van der Waals surface area contributed by atoms with E-state index in [0.29, 0.717) is 0 Å². The predicted molar refractivity (Wildman–Crippen MR) is 182 cm³/mol. The molecule has 1 saturated heterocycles. The van der Waals surface area contributed by atoms with Gasteiger partial charge >= 0.3 is 0 Å². The van der Waals surface area contributed by atoms with Gasteiger partial charge in [-0.25, -0.2) is 4.99 Å².